The SMILES string of the molecule is O=c1oc2ccccc2c2c1C=CC2. The third kappa shape index (κ3) is 0.880. The zero-order valence-corrected chi connectivity index (χ0v) is 7.49. The van der Waals surface area contributed by atoms with E-state index in [0.29, 0.717) is 11.1 Å². The fourth-order valence-corrected chi connectivity index (χ4v) is 1.91. The molecule has 0 spiro atoms. The molecule has 1 aliphatic rings. The Morgan fingerprint density at radius 2 is 2.07 bits per heavy atom. The van der Waals surface area contributed by atoms with E-state index in [-0.39, 0.29) is 5.63 Å². The average Bonchev–Trinajstić information content (AvgIpc) is 2.67. The van der Waals surface area contributed by atoms with E-state index < -0.39 is 0 Å². The largest absolute Gasteiger partial charge is 0.422 e. The lowest BCUT2D eigenvalue weighted by Gasteiger charge is -2.02. The number of fused-ring (bicyclic) bond motifs is 3. The molecule has 0 bridgehead atoms. The van der Waals surface area contributed by atoms with E-state index >= 15 is 0 Å². The summed E-state index contributed by atoms with van der Waals surface area (Å²) in [6.07, 6.45) is 4.67. The number of rotatable bonds is 0. The molecule has 0 fully saturated rings. The van der Waals surface area contributed by atoms with Crippen molar-refractivity contribution in [1.29, 1.82) is 0 Å². The summed E-state index contributed by atoms with van der Waals surface area (Å²) in [6, 6.07) is 7.65. The second kappa shape index (κ2) is 2.58. The molecule has 68 valence electrons. The van der Waals surface area contributed by atoms with E-state index in [0.717, 1.165) is 17.4 Å². The molecule has 0 unspecified atom stereocenters. The molecular formula is C12H8O2. The summed E-state index contributed by atoms with van der Waals surface area (Å²) in [6.45, 7) is 0. The third-order valence-electron chi connectivity index (χ3n) is 2.57. The lowest BCUT2D eigenvalue weighted by Crippen LogP contribution is -2.04. The Kier molecular flexibility index (Phi) is 1.39. The average molecular weight is 184 g/mol. The molecule has 0 saturated heterocycles. The van der Waals surface area contributed by atoms with Crippen molar-refractivity contribution in [2.24, 2.45) is 0 Å². The molecule has 1 aromatic heterocycles. The molecule has 0 N–H and O–H groups in total. The highest BCUT2D eigenvalue weighted by atomic mass is 16.4. The molecule has 0 saturated carbocycles. The Balaban J connectivity index is 2.55. The number of benzene rings is 1. The van der Waals surface area contributed by atoms with Gasteiger partial charge in [0.2, 0.25) is 0 Å². The van der Waals surface area contributed by atoms with E-state index in [2.05, 4.69) is 0 Å². The topological polar surface area (TPSA) is 30.2 Å². The van der Waals surface area contributed by atoms with Crippen LogP contribution >= 0.6 is 0 Å². The molecule has 1 aromatic carbocycles. The van der Waals surface area contributed by atoms with Gasteiger partial charge in [-0.3, -0.25) is 0 Å². The van der Waals surface area contributed by atoms with Crippen LogP contribution in [0.4, 0.5) is 0 Å². The van der Waals surface area contributed by atoms with Gasteiger partial charge < -0.3 is 4.42 Å². The Labute approximate surface area is 80.5 Å². The van der Waals surface area contributed by atoms with Crippen molar-refractivity contribution in [3.8, 4) is 0 Å². The van der Waals surface area contributed by atoms with Crippen LogP contribution < -0.4 is 5.63 Å². The van der Waals surface area contributed by atoms with Crippen LogP contribution in [0.1, 0.15) is 11.1 Å². The van der Waals surface area contributed by atoms with Gasteiger partial charge in [-0.1, -0.05) is 30.4 Å². The van der Waals surface area contributed by atoms with Gasteiger partial charge in [-0.25, -0.2) is 4.79 Å². The number of hydrogen-bond acceptors (Lipinski definition) is 2. The minimum atomic E-state index is -0.229. The van der Waals surface area contributed by atoms with Crippen LogP contribution in [0.25, 0.3) is 17.0 Å². The van der Waals surface area contributed by atoms with Crippen molar-refractivity contribution >= 4 is 17.0 Å². The van der Waals surface area contributed by atoms with Crippen LogP contribution in [0.15, 0.2) is 39.6 Å². The second-order valence-corrected chi connectivity index (χ2v) is 3.38. The van der Waals surface area contributed by atoms with Crippen molar-refractivity contribution in [2.45, 2.75) is 6.42 Å². The highest BCUT2D eigenvalue weighted by Gasteiger charge is 2.14. The Hall–Kier alpha value is -1.83. The fraction of sp³-hybridized carbons (Fsp3) is 0.0833. The Morgan fingerprint density at radius 3 is 3.00 bits per heavy atom. The first-order chi connectivity index (χ1) is 6.86. The first-order valence-corrected chi connectivity index (χ1v) is 4.57. The summed E-state index contributed by atoms with van der Waals surface area (Å²) >= 11 is 0. The van der Waals surface area contributed by atoms with Crippen molar-refractivity contribution in [3.05, 3.63) is 51.9 Å². The smallest absolute Gasteiger partial charge is 0.343 e. The van der Waals surface area contributed by atoms with Crippen LogP contribution in [0.5, 0.6) is 0 Å². The maximum Gasteiger partial charge on any atom is 0.343 e. The molecule has 3 rings (SSSR count). The molecule has 2 nitrogen and oxygen atoms in total. The summed E-state index contributed by atoms with van der Waals surface area (Å²) in [5.74, 6) is 0. The lowest BCUT2D eigenvalue weighted by atomic mass is 10.1. The molecule has 0 aliphatic heterocycles. The van der Waals surface area contributed by atoms with Gasteiger partial charge in [0.25, 0.3) is 0 Å². The van der Waals surface area contributed by atoms with E-state index in [4.69, 9.17) is 4.42 Å². The first-order valence-electron chi connectivity index (χ1n) is 4.57. The maximum absolute atomic E-state index is 11.5. The molecule has 2 heteroatoms. The van der Waals surface area contributed by atoms with Crippen LogP contribution in [0.2, 0.25) is 0 Å². The van der Waals surface area contributed by atoms with Crippen molar-refractivity contribution in [1.82, 2.24) is 0 Å². The molecule has 2 aromatic rings. The minimum absolute atomic E-state index is 0.229. The molecular weight excluding hydrogens is 176 g/mol. The van der Waals surface area contributed by atoms with Gasteiger partial charge in [0.1, 0.15) is 5.58 Å². The molecule has 0 amide bonds. The fourth-order valence-electron chi connectivity index (χ4n) is 1.91. The molecule has 0 radical (unpaired) electrons. The van der Waals surface area contributed by atoms with Crippen LogP contribution in [-0.4, -0.2) is 0 Å². The Morgan fingerprint density at radius 1 is 1.21 bits per heavy atom. The predicted molar refractivity (Wildman–Crippen MR) is 55.2 cm³/mol. The number of para-hydroxylation sites is 1. The standard InChI is InChI=1S/C12H8O2/c13-12-10-6-3-5-8(10)9-4-1-2-7-11(9)14-12/h1-4,6-7H,5H2. The van der Waals surface area contributed by atoms with Gasteiger partial charge in [-0.05, 0) is 18.1 Å². The summed E-state index contributed by atoms with van der Waals surface area (Å²) in [7, 11) is 0. The van der Waals surface area contributed by atoms with Crippen LogP contribution in [0, 0.1) is 0 Å². The van der Waals surface area contributed by atoms with Gasteiger partial charge in [0.05, 0.1) is 5.56 Å². The summed E-state index contributed by atoms with van der Waals surface area (Å²) in [4.78, 5) is 11.5. The van der Waals surface area contributed by atoms with Gasteiger partial charge in [0.15, 0.2) is 0 Å². The van der Waals surface area contributed by atoms with E-state index in [9.17, 15) is 4.79 Å². The lowest BCUT2D eigenvalue weighted by molar-refractivity contribution is 0.558. The van der Waals surface area contributed by atoms with Crippen molar-refractivity contribution < 1.29 is 4.42 Å². The number of hydrogen-bond donors (Lipinski definition) is 0. The van der Waals surface area contributed by atoms with Gasteiger partial charge in [-0.2, -0.15) is 0 Å². The summed E-state index contributed by atoms with van der Waals surface area (Å²) < 4.78 is 5.20. The molecule has 1 heterocycles. The van der Waals surface area contributed by atoms with Gasteiger partial charge in [0, 0.05) is 5.39 Å². The summed E-state index contributed by atoms with van der Waals surface area (Å²) in [5, 5.41) is 1.05. The zero-order valence-electron chi connectivity index (χ0n) is 7.49. The number of allylic oxidation sites excluding steroid dienone is 1. The van der Waals surface area contributed by atoms with Crippen LogP contribution in [-0.2, 0) is 6.42 Å². The molecule has 1 aliphatic carbocycles. The summed E-state index contributed by atoms with van der Waals surface area (Å²) in [5.41, 5.74) is 2.26. The van der Waals surface area contributed by atoms with Crippen molar-refractivity contribution in [2.75, 3.05) is 0 Å². The quantitative estimate of drug-likeness (QED) is 0.588. The third-order valence-corrected chi connectivity index (χ3v) is 2.57. The molecule has 0 atom stereocenters. The van der Waals surface area contributed by atoms with E-state index in [1.807, 2.05) is 36.4 Å². The van der Waals surface area contributed by atoms with Gasteiger partial charge >= 0.3 is 5.63 Å². The van der Waals surface area contributed by atoms with E-state index in [1.165, 1.54) is 0 Å². The van der Waals surface area contributed by atoms with E-state index in [1.54, 1.807) is 0 Å². The van der Waals surface area contributed by atoms with Crippen molar-refractivity contribution in [3.63, 3.8) is 0 Å². The zero-order chi connectivity index (χ0) is 9.54. The predicted octanol–water partition coefficient (Wildman–Crippen LogP) is 2.36. The highest BCUT2D eigenvalue weighted by Crippen LogP contribution is 2.24. The van der Waals surface area contributed by atoms with Crippen LogP contribution in [0.3, 0.4) is 0 Å². The highest BCUT2D eigenvalue weighted by molar-refractivity contribution is 5.85. The monoisotopic (exact) mass is 184 g/mol. The second-order valence-electron chi connectivity index (χ2n) is 3.38. The normalized spacial score (nSPS) is 13.4. The first kappa shape index (κ1) is 7.56. The maximum atomic E-state index is 11.5. The Bertz CT molecular complexity index is 591. The minimum Gasteiger partial charge on any atom is -0.422 e. The van der Waals surface area contributed by atoms with Gasteiger partial charge in [-0.15, -0.1) is 0 Å². The molecule has 14 heavy (non-hydrogen) atoms.